The molecule has 33 heavy (non-hydrogen) atoms. The lowest BCUT2D eigenvalue weighted by atomic mass is 10.0. The van der Waals surface area contributed by atoms with Crippen molar-refractivity contribution in [3.63, 3.8) is 0 Å². The van der Waals surface area contributed by atoms with Crippen molar-refractivity contribution < 1.29 is 18.0 Å². The van der Waals surface area contributed by atoms with Gasteiger partial charge in [-0.2, -0.15) is 13.2 Å². The first-order valence-electron chi connectivity index (χ1n) is 10.7. The van der Waals surface area contributed by atoms with Crippen LogP contribution < -0.4 is 0 Å². The minimum Gasteiger partial charge on any atom is -0.330 e. The van der Waals surface area contributed by atoms with Crippen LogP contribution in [-0.4, -0.2) is 27.3 Å². The van der Waals surface area contributed by atoms with Gasteiger partial charge < -0.3 is 4.90 Å². The number of halogens is 3. The van der Waals surface area contributed by atoms with E-state index in [0.717, 1.165) is 35.9 Å². The van der Waals surface area contributed by atoms with Gasteiger partial charge in [0.2, 0.25) is 0 Å². The summed E-state index contributed by atoms with van der Waals surface area (Å²) in [7, 11) is 0. The molecule has 1 fully saturated rings. The van der Waals surface area contributed by atoms with E-state index in [1.54, 1.807) is 35.4 Å². The standard InChI is InChI=1S/C26H20F3N3O/c27-26(28,29)20-7-1-5-18(16-20)22-8-2-9-23(31-22)24-10-4-14-32(24)25(33)19-11-12-21-17(15-19)6-3-13-30-21/h1-3,5-9,11-13,15-16,24H,4,10,14H2/t24-/m1/s1. The van der Waals surface area contributed by atoms with E-state index in [1.807, 2.05) is 30.3 Å². The van der Waals surface area contributed by atoms with Crippen molar-refractivity contribution in [3.8, 4) is 11.3 Å². The van der Waals surface area contributed by atoms with Crippen molar-refractivity contribution in [1.29, 1.82) is 0 Å². The zero-order valence-electron chi connectivity index (χ0n) is 17.6. The van der Waals surface area contributed by atoms with Gasteiger partial charge in [-0.05, 0) is 61.4 Å². The van der Waals surface area contributed by atoms with E-state index in [2.05, 4.69) is 9.97 Å². The summed E-state index contributed by atoms with van der Waals surface area (Å²) in [5.74, 6) is -0.0884. The molecule has 1 aliphatic rings. The highest BCUT2D eigenvalue weighted by atomic mass is 19.4. The molecule has 1 atom stereocenters. The van der Waals surface area contributed by atoms with E-state index in [1.165, 1.54) is 6.07 Å². The first-order valence-corrected chi connectivity index (χ1v) is 10.7. The zero-order chi connectivity index (χ0) is 23.0. The summed E-state index contributed by atoms with van der Waals surface area (Å²) >= 11 is 0. The molecule has 1 amide bonds. The molecule has 0 aliphatic carbocycles. The third-order valence-electron chi connectivity index (χ3n) is 5.96. The summed E-state index contributed by atoms with van der Waals surface area (Å²) in [5, 5.41) is 0.892. The van der Waals surface area contributed by atoms with Crippen molar-refractivity contribution in [3.05, 3.63) is 95.8 Å². The summed E-state index contributed by atoms with van der Waals surface area (Å²) in [6.07, 6.45) is -1.12. The van der Waals surface area contributed by atoms with Crippen LogP contribution >= 0.6 is 0 Å². The van der Waals surface area contributed by atoms with Crippen LogP contribution in [0.2, 0.25) is 0 Å². The van der Waals surface area contributed by atoms with Gasteiger partial charge in [-0.3, -0.25) is 14.8 Å². The van der Waals surface area contributed by atoms with Gasteiger partial charge in [0, 0.05) is 29.3 Å². The number of alkyl halides is 3. The third-order valence-corrected chi connectivity index (χ3v) is 5.96. The van der Waals surface area contributed by atoms with Crippen LogP contribution in [0.25, 0.3) is 22.2 Å². The first-order chi connectivity index (χ1) is 15.9. The van der Waals surface area contributed by atoms with E-state index >= 15 is 0 Å². The molecule has 5 rings (SSSR count). The smallest absolute Gasteiger partial charge is 0.330 e. The lowest BCUT2D eigenvalue weighted by Crippen LogP contribution is -2.31. The molecule has 7 heteroatoms. The second-order valence-electron chi connectivity index (χ2n) is 8.09. The van der Waals surface area contributed by atoms with Crippen LogP contribution in [-0.2, 0) is 6.18 Å². The molecule has 0 unspecified atom stereocenters. The SMILES string of the molecule is O=C(c1ccc2ncccc2c1)N1CCC[C@@H]1c1cccc(-c2cccc(C(F)(F)F)c2)n1. The molecule has 0 spiro atoms. The van der Waals surface area contributed by atoms with Gasteiger partial charge in [-0.1, -0.05) is 24.3 Å². The van der Waals surface area contributed by atoms with E-state index in [9.17, 15) is 18.0 Å². The molecule has 166 valence electrons. The fourth-order valence-electron chi connectivity index (χ4n) is 4.34. The number of carbonyl (C=O) groups excluding carboxylic acids is 1. The van der Waals surface area contributed by atoms with E-state index in [4.69, 9.17) is 0 Å². The van der Waals surface area contributed by atoms with Gasteiger partial charge in [0.05, 0.1) is 28.5 Å². The van der Waals surface area contributed by atoms with Crippen LogP contribution in [0.4, 0.5) is 13.2 Å². The van der Waals surface area contributed by atoms with Gasteiger partial charge in [-0.15, -0.1) is 0 Å². The molecule has 2 aromatic carbocycles. The number of carbonyl (C=O) groups is 1. The molecule has 3 heterocycles. The lowest BCUT2D eigenvalue weighted by molar-refractivity contribution is -0.137. The molecular formula is C26H20F3N3O. The maximum atomic E-state index is 13.3. The topological polar surface area (TPSA) is 46.1 Å². The Kier molecular flexibility index (Phi) is 5.32. The highest BCUT2D eigenvalue weighted by Crippen LogP contribution is 2.35. The van der Waals surface area contributed by atoms with E-state index in [-0.39, 0.29) is 11.9 Å². The fraction of sp³-hybridized carbons (Fsp3) is 0.192. The molecule has 0 radical (unpaired) electrons. The van der Waals surface area contributed by atoms with Crippen molar-refractivity contribution in [1.82, 2.24) is 14.9 Å². The van der Waals surface area contributed by atoms with Crippen molar-refractivity contribution in [2.24, 2.45) is 0 Å². The summed E-state index contributed by atoms with van der Waals surface area (Å²) in [5.41, 5.74) is 2.21. The Hall–Kier alpha value is -3.74. The average Bonchev–Trinajstić information content (AvgIpc) is 3.33. The van der Waals surface area contributed by atoms with Crippen LogP contribution in [0.15, 0.2) is 79.0 Å². The monoisotopic (exact) mass is 447 g/mol. The van der Waals surface area contributed by atoms with Crippen molar-refractivity contribution in [2.45, 2.75) is 25.1 Å². The molecule has 0 bridgehead atoms. The average molecular weight is 447 g/mol. The second kappa shape index (κ2) is 8.31. The zero-order valence-corrected chi connectivity index (χ0v) is 17.6. The van der Waals surface area contributed by atoms with Crippen molar-refractivity contribution >= 4 is 16.8 Å². The Morgan fingerprint density at radius 2 is 1.82 bits per heavy atom. The molecule has 1 aliphatic heterocycles. The summed E-state index contributed by atoms with van der Waals surface area (Å²) < 4.78 is 39.4. The quantitative estimate of drug-likeness (QED) is 0.371. The van der Waals surface area contributed by atoms with Gasteiger partial charge in [0.15, 0.2) is 0 Å². The van der Waals surface area contributed by atoms with Gasteiger partial charge in [0.1, 0.15) is 0 Å². The maximum Gasteiger partial charge on any atom is 0.416 e. The molecule has 2 aromatic heterocycles. The molecule has 0 N–H and O–H groups in total. The largest absolute Gasteiger partial charge is 0.416 e. The molecular weight excluding hydrogens is 427 g/mol. The molecule has 4 nitrogen and oxygen atoms in total. The number of likely N-dealkylation sites (tertiary alicyclic amines) is 1. The minimum atomic E-state index is -4.42. The van der Waals surface area contributed by atoms with Gasteiger partial charge in [0.25, 0.3) is 5.91 Å². The Labute approximate surface area is 188 Å². The summed E-state index contributed by atoms with van der Waals surface area (Å²) in [6, 6.07) is 19.4. The Balaban J connectivity index is 1.45. The van der Waals surface area contributed by atoms with Gasteiger partial charge >= 0.3 is 6.18 Å². The number of benzene rings is 2. The Morgan fingerprint density at radius 3 is 2.67 bits per heavy atom. The Bertz CT molecular complexity index is 1340. The second-order valence-corrected chi connectivity index (χ2v) is 8.09. The molecule has 1 saturated heterocycles. The minimum absolute atomic E-state index is 0.0884. The number of amides is 1. The predicted octanol–water partition coefficient (Wildman–Crippen LogP) is 6.29. The first kappa shape index (κ1) is 21.1. The lowest BCUT2D eigenvalue weighted by Gasteiger charge is -2.25. The third kappa shape index (κ3) is 4.18. The van der Waals surface area contributed by atoms with Crippen LogP contribution in [0, 0.1) is 0 Å². The van der Waals surface area contributed by atoms with E-state index in [0.29, 0.717) is 29.1 Å². The number of hydrogen-bond acceptors (Lipinski definition) is 3. The van der Waals surface area contributed by atoms with Crippen LogP contribution in [0.5, 0.6) is 0 Å². The van der Waals surface area contributed by atoms with Crippen LogP contribution in [0.3, 0.4) is 0 Å². The van der Waals surface area contributed by atoms with Crippen LogP contribution in [0.1, 0.15) is 40.5 Å². The number of nitrogens with zero attached hydrogens (tertiary/aromatic N) is 3. The van der Waals surface area contributed by atoms with E-state index < -0.39 is 11.7 Å². The predicted molar refractivity (Wildman–Crippen MR) is 119 cm³/mol. The fourth-order valence-corrected chi connectivity index (χ4v) is 4.34. The normalized spacial score (nSPS) is 16.3. The molecule has 4 aromatic rings. The highest BCUT2D eigenvalue weighted by Gasteiger charge is 2.32. The number of hydrogen-bond donors (Lipinski definition) is 0. The summed E-state index contributed by atoms with van der Waals surface area (Å²) in [4.78, 5) is 24.1. The highest BCUT2D eigenvalue weighted by molar-refractivity contribution is 5.98. The number of rotatable bonds is 3. The maximum absolute atomic E-state index is 13.3. The number of aromatic nitrogens is 2. The number of fused-ring (bicyclic) bond motifs is 1. The molecule has 0 saturated carbocycles. The summed E-state index contributed by atoms with van der Waals surface area (Å²) in [6.45, 7) is 0.601. The number of pyridine rings is 2. The van der Waals surface area contributed by atoms with Gasteiger partial charge in [-0.25, -0.2) is 0 Å². The van der Waals surface area contributed by atoms with Crippen molar-refractivity contribution in [2.75, 3.05) is 6.54 Å². The Morgan fingerprint density at radius 1 is 0.970 bits per heavy atom.